The van der Waals surface area contributed by atoms with Gasteiger partial charge in [-0.2, -0.15) is 5.41 Å². The van der Waals surface area contributed by atoms with Gasteiger partial charge in [0.25, 0.3) is 0 Å². The van der Waals surface area contributed by atoms with Crippen LogP contribution in [0.15, 0.2) is 12.1 Å². The van der Waals surface area contributed by atoms with Crippen LogP contribution in [0.3, 0.4) is 0 Å². The third kappa shape index (κ3) is 1.48. The Labute approximate surface area is 67.6 Å². The molecule has 0 aliphatic rings. The standard InChI is InChI=1S/C10H12N/c1-7-4-10(6-11)5-8(2)9(7)3/h4-6H,1-3H3. The molecule has 1 aromatic rings. The molecule has 1 heteroatoms. The molecule has 1 nitrogen and oxygen atoms in total. The minimum absolute atomic E-state index is 0.880. The van der Waals surface area contributed by atoms with Gasteiger partial charge in [0.1, 0.15) is 0 Å². The maximum absolute atomic E-state index is 8.75. The molecule has 11 heavy (non-hydrogen) atoms. The van der Waals surface area contributed by atoms with Crippen LogP contribution in [-0.2, 0) is 0 Å². The summed E-state index contributed by atoms with van der Waals surface area (Å²) >= 11 is 0. The van der Waals surface area contributed by atoms with Crippen LogP contribution in [0, 0.1) is 20.8 Å². The van der Waals surface area contributed by atoms with E-state index in [1.807, 2.05) is 12.1 Å². The molecule has 0 amide bonds. The van der Waals surface area contributed by atoms with Gasteiger partial charge in [-0.1, -0.05) is 12.1 Å². The number of aryl methyl sites for hydroxylation is 2. The number of hydrogen-bond donors (Lipinski definition) is 0. The molecule has 1 radical (unpaired) electrons. The van der Waals surface area contributed by atoms with Crippen molar-refractivity contribution < 1.29 is 0 Å². The van der Waals surface area contributed by atoms with Crippen molar-refractivity contribution in [3.63, 3.8) is 0 Å². The average Bonchev–Trinajstić information content (AvgIpc) is 1.99. The minimum Gasteiger partial charge on any atom is -0.159 e. The Balaban J connectivity index is 3.31. The predicted octanol–water partition coefficient (Wildman–Crippen LogP) is 1.83. The molecule has 0 atom stereocenters. The first-order valence-electron chi connectivity index (χ1n) is 3.70. The summed E-state index contributed by atoms with van der Waals surface area (Å²) in [7, 11) is 0. The zero-order chi connectivity index (χ0) is 8.43. The smallest absolute Gasteiger partial charge is 0.0568 e. The van der Waals surface area contributed by atoms with Gasteiger partial charge in [0, 0.05) is 0 Å². The summed E-state index contributed by atoms with van der Waals surface area (Å²) in [6.45, 7) is 6.19. The number of hydrogen-bond acceptors (Lipinski definition) is 0. The molecule has 0 fully saturated rings. The highest BCUT2D eigenvalue weighted by molar-refractivity contribution is 5.78. The molecule has 0 heterocycles. The van der Waals surface area contributed by atoms with Crippen molar-refractivity contribution in [2.45, 2.75) is 20.8 Å². The maximum Gasteiger partial charge on any atom is 0.0568 e. The number of nitrogens with zero attached hydrogens (tertiary/aromatic N) is 1. The quantitative estimate of drug-likeness (QED) is 0.539. The van der Waals surface area contributed by atoms with Crippen LogP contribution in [0.1, 0.15) is 22.3 Å². The van der Waals surface area contributed by atoms with Crippen LogP contribution >= 0.6 is 0 Å². The van der Waals surface area contributed by atoms with E-state index in [-0.39, 0.29) is 0 Å². The Morgan fingerprint density at radius 2 is 1.55 bits per heavy atom. The summed E-state index contributed by atoms with van der Waals surface area (Å²) in [5.41, 5.74) is 4.64. The first kappa shape index (κ1) is 7.99. The number of benzene rings is 1. The van der Waals surface area contributed by atoms with Gasteiger partial charge in [-0.25, -0.2) is 0 Å². The molecule has 0 bridgehead atoms. The molecule has 1 aromatic carbocycles. The second kappa shape index (κ2) is 2.87. The van der Waals surface area contributed by atoms with Gasteiger partial charge >= 0.3 is 0 Å². The van der Waals surface area contributed by atoms with Crippen LogP contribution in [0.2, 0.25) is 0 Å². The monoisotopic (exact) mass is 146 g/mol. The molecule has 0 saturated heterocycles. The van der Waals surface area contributed by atoms with E-state index in [2.05, 4.69) is 20.8 Å². The second-order valence-electron chi connectivity index (χ2n) is 2.91. The summed E-state index contributed by atoms with van der Waals surface area (Å²) in [4.78, 5) is 0. The molecule has 0 spiro atoms. The lowest BCUT2D eigenvalue weighted by atomic mass is 10.0. The molecular formula is C10H12N. The third-order valence-corrected chi connectivity index (χ3v) is 2.10. The first-order valence-corrected chi connectivity index (χ1v) is 3.70. The lowest BCUT2D eigenvalue weighted by molar-refractivity contribution is 1.26. The van der Waals surface area contributed by atoms with Crippen molar-refractivity contribution >= 4 is 6.21 Å². The van der Waals surface area contributed by atoms with E-state index in [1.165, 1.54) is 16.7 Å². The predicted molar refractivity (Wildman–Crippen MR) is 48.0 cm³/mol. The topological polar surface area (TPSA) is 22.3 Å². The Bertz CT molecular complexity index is 264. The van der Waals surface area contributed by atoms with E-state index >= 15 is 0 Å². The SMILES string of the molecule is Cc1cc(C=[N])cc(C)c1C. The fourth-order valence-corrected chi connectivity index (χ4v) is 1.14. The third-order valence-electron chi connectivity index (χ3n) is 2.10. The van der Waals surface area contributed by atoms with Crippen molar-refractivity contribution in [1.29, 1.82) is 0 Å². The minimum atomic E-state index is 0.880. The van der Waals surface area contributed by atoms with Crippen molar-refractivity contribution in [2.75, 3.05) is 0 Å². The van der Waals surface area contributed by atoms with Crippen molar-refractivity contribution in [3.05, 3.63) is 34.4 Å². The molecule has 1 rings (SSSR count). The highest BCUT2D eigenvalue weighted by atomic mass is 14.3. The van der Waals surface area contributed by atoms with Gasteiger partial charge in [-0.3, -0.25) is 0 Å². The normalized spacial score (nSPS) is 9.73. The molecule has 0 N–H and O–H groups in total. The zero-order valence-corrected chi connectivity index (χ0v) is 7.18. The summed E-state index contributed by atoms with van der Waals surface area (Å²) in [6, 6.07) is 3.95. The number of rotatable bonds is 1. The molecule has 0 saturated carbocycles. The molecule has 0 unspecified atom stereocenters. The van der Waals surface area contributed by atoms with Crippen LogP contribution in [0.25, 0.3) is 0 Å². The zero-order valence-electron chi connectivity index (χ0n) is 7.18. The van der Waals surface area contributed by atoms with E-state index in [9.17, 15) is 0 Å². The van der Waals surface area contributed by atoms with Crippen molar-refractivity contribution in [3.8, 4) is 0 Å². The highest BCUT2D eigenvalue weighted by Gasteiger charge is 1.97. The van der Waals surface area contributed by atoms with Crippen LogP contribution < -0.4 is 5.41 Å². The van der Waals surface area contributed by atoms with Crippen LogP contribution in [0.4, 0.5) is 0 Å². The second-order valence-corrected chi connectivity index (χ2v) is 2.91. The molecule has 0 aliphatic carbocycles. The van der Waals surface area contributed by atoms with E-state index < -0.39 is 0 Å². The highest BCUT2D eigenvalue weighted by Crippen LogP contribution is 2.13. The Morgan fingerprint density at radius 1 is 1.09 bits per heavy atom. The van der Waals surface area contributed by atoms with Gasteiger partial charge in [-0.05, 0) is 43.0 Å². The van der Waals surface area contributed by atoms with Gasteiger partial charge in [0.05, 0.1) is 6.21 Å². The van der Waals surface area contributed by atoms with E-state index in [0.717, 1.165) is 11.8 Å². The fourth-order valence-electron chi connectivity index (χ4n) is 1.14. The van der Waals surface area contributed by atoms with Gasteiger partial charge in [0.15, 0.2) is 0 Å². The first-order chi connectivity index (χ1) is 5.15. The molecule has 0 aliphatic heterocycles. The van der Waals surface area contributed by atoms with Crippen molar-refractivity contribution in [1.82, 2.24) is 5.41 Å². The van der Waals surface area contributed by atoms with E-state index in [0.29, 0.717) is 0 Å². The van der Waals surface area contributed by atoms with Gasteiger partial charge in [0.2, 0.25) is 0 Å². The molecule has 57 valence electrons. The lowest BCUT2D eigenvalue weighted by Gasteiger charge is -2.04. The van der Waals surface area contributed by atoms with Gasteiger partial charge < -0.3 is 0 Å². The molecular weight excluding hydrogens is 134 g/mol. The summed E-state index contributed by atoms with van der Waals surface area (Å²) < 4.78 is 0. The van der Waals surface area contributed by atoms with Crippen LogP contribution in [0.5, 0.6) is 0 Å². The summed E-state index contributed by atoms with van der Waals surface area (Å²) in [5.74, 6) is 0. The van der Waals surface area contributed by atoms with Crippen LogP contribution in [-0.4, -0.2) is 6.21 Å². The van der Waals surface area contributed by atoms with Gasteiger partial charge in [-0.15, -0.1) is 0 Å². The lowest BCUT2D eigenvalue weighted by Crippen LogP contribution is -1.90. The van der Waals surface area contributed by atoms with E-state index in [1.54, 1.807) is 0 Å². The van der Waals surface area contributed by atoms with Crippen molar-refractivity contribution in [2.24, 2.45) is 0 Å². The maximum atomic E-state index is 8.75. The largest absolute Gasteiger partial charge is 0.159 e. The Morgan fingerprint density at radius 3 is 1.91 bits per heavy atom. The van der Waals surface area contributed by atoms with E-state index in [4.69, 9.17) is 5.41 Å². The fraction of sp³-hybridized carbons (Fsp3) is 0.300. The summed E-state index contributed by atoms with van der Waals surface area (Å²) in [6.07, 6.45) is 1.14. The Kier molecular flexibility index (Phi) is 2.08. The Hall–Kier alpha value is -1.11. The molecule has 0 aromatic heterocycles. The average molecular weight is 146 g/mol. The summed E-state index contributed by atoms with van der Waals surface area (Å²) in [5, 5.41) is 8.75.